The number of amides is 2. The smallest absolute Gasteiger partial charge is 0.336 e. The molecule has 11 heteroatoms. The van der Waals surface area contributed by atoms with Crippen LogP contribution in [0.25, 0.3) is 21.5 Å². The molecule has 0 heterocycles. The third-order valence-corrected chi connectivity index (χ3v) is 6.70. The molecule has 0 aliphatic rings. The summed E-state index contributed by atoms with van der Waals surface area (Å²) in [5.74, 6) is -6.38. The number of carbonyl (C=O) groups is 6. The maximum atomic E-state index is 13.0. The number of carboxylic acids is 2. The van der Waals surface area contributed by atoms with E-state index >= 15 is 0 Å². The van der Waals surface area contributed by atoms with Crippen LogP contribution in [0.15, 0.2) is 84.9 Å². The van der Waals surface area contributed by atoms with E-state index in [1.807, 2.05) is 24.3 Å². The Hall–Kier alpha value is -5.58. The van der Waals surface area contributed by atoms with Crippen molar-refractivity contribution < 1.29 is 43.7 Å². The highest BCUT2D eigenvalue weighted by Gasteiger charge is 2.31. The van der Waals surface area contributed by atoms with E-state index in [4.69, 9.17) is 14.9 Å². The highest BCUT2D eigenvalue weighted by atomic mass is 16.6. The molecule has 0 saturated heterocycles. The number of rotatable bonds is 12. The molecule has 2 amide bonds. The summed E-state index contributed by atoms with van der Waals surface area (Å²) in [4.78, 5) is 74.4. The molecule has 0 spiro atoms. The maximum absolute atomic E-state index is 13.0. The van der Waals surface area contributed by atoms with Crippen LogP contribution in [0.1, 0.15) is 46.4 Å². The van der Waals surface area contributed by atoms with Gasteiger partial charge in [-0.3, -0.25) is 19.2 Å². The van der Waals surface area contributed by atoms with E-state index in [1.54, 1.807) is 48.5 Å². The summed E-state index contributed by atoms with van der Waals surface area (Å²) in [5, 5.41) is 26.4. The lowest BCUT2D eigenvalue weighted by Crippen LogP contribution is -2.47. The topological polar surface area (TPSA) is 176 Å². The van der Waals surface area contributed by atoms with Crippen LogP contribution in [0.2, 0.25) is 0 Å². The van der Waals surface area contributed by atoms with E-state index < -0.39 is 60.6 Å². The van der Waals surface area contributed by atoms with Crippen LogP contribution < -0.4 is 10.6 Å². The zero-order valence-electron chi connectivity index (χ0n) is 22.8. The average Bonchev–Trinajstić information content (AvgIpc) is 3.00. The summed E-state index contributed by atoms with van der Waals surface area (Å²) >= 11 is 0. The molecule has 2 atom stereocenters. The van der Waals surface area contributed by atoms with Crippen molar-refractivity contribution in [2.45, 2.75) is 37.8 Å². The molecular formula is C32H28N2O9. The summed E-state index contributed by atoms with van der Waals surface area (Å²) in [5.41, 5.74) is 0.389. The number of aliphatic carboxylic acids is 2. The van der Waals surface area contributed by atoms with E-state index in [0.29, 0.717) is 0 Å². The third kappa shape index (κ3) is 8.23. The molecule has 4 N–H and O–H groups in total. The van der Waals surface area contributed by atoms with Crippen LogP contribution in [-0.2, 0) is 23.9 Å². The Morgan fingerprint density at radius 1 is 0.558 bits per heavy atom. The first-order valence-corrected chi connectivity index (χ1v) is 13.4. The zero-order valence-corrected chi connectivity index (χ0v) is 22.8. The van der Waals surface area contributed by atoms with Crippen molar-refractivity contribution in [3.05, 3.63) is 96.1 Å². The average molecular weight is 585 g/mol. The predicted molar refractivity (Wildman–Crippen MR) is 155 cm³/mol. The van der Waals surface area contributed by atoms with E-state index in [9.17, 15) is 28.8 Å². The van der Waals surface area contributed by atoms with Gasteiger partial charge in [-0.05, 0) is 58.7 Å². The van der Waals surface area contributed by atoms with Crippen LogP contribution in [0, 0.1) is 0 Å². The van der Waals surface area contributed by atoms with Crippen LogP contribution >= 0.6 is 0 Å². The minimum absolute atomic E-state index is 0.195. The number of esters is 2. The molecule has 2 unspecified atom stereocenters. The quantitative estimate of drug-likeness (QED) is 0.143. The van der Waals surface area contributed by atoms with Crippen molar-refractivity contribution in [3.8, 4) is 0 Å². The second kappa shape index (κ2) is 13.9. The number of fused-ring (bicyclic) bond motifs is 2. The van der Waals surface area contributed by atoms with Gasteiger partial charge in [-0.15, -0.1) is 0 Å². The molecule has 0 fully saturated rings. The van der Waals surface area contributed by atoms with Crippen LogP contribution in [0.4, 0.5) is 0 Å². The summed E-state index contributed by atoms with van der Waals surface area (Å²) in [7, 11) is 0. The Kier molecular flexibility index (Phi) is 9.79. The summed E-state index contributed by atoms with van der Waals surface area (Å²) < 4.78 is 4.96. The lowest BCUT2D eigenvalue weighted by Gasteiger charge is -2.20. The Morgan fingerprint density at radius 3 is 1.30 bits per heavy atom. The van der Waals surface area contributed by atoms with Crippen molar-refractivity contribution in [2.75, 3.05) is 0 Å². The monoisotopic (exact) mass is 584 g/mol. The molecule has 0 saturated carbocycles. The van der Waals surface area contributed by atoms with Crippen LogP contribution in [-0.4, -0.2) is 58.0 Å². The van der Waals surface area contributed by atoms with Crippen LogP contribution in [0.5, 0.6) is 0 Å². The van der Waals surface area contributed by atoms with Crippen molar-refractivity contribution in [3.63, 3.8) is 0 Å². The molecule has 220 valence electrons. The molecule has 4 aromatic rings. The van der Waals surface area contributed by atoms with Gasteiger partial charge in [-0.2, -0.15) is 0 Å². The van der Waals surface area contributed by atoms with Gasteiger partial charge >= 0.3 is 23.9 Å². The molecular weight excluding hydrogens is 556 g/mol. The Bertz CT molecular complexity index is 1590. The minimum Gasteiger partial charge on any atom is -0.481 e. The summed E-state index contributed by atoms with van der Waals surface area (Å²) in [6.07, 6.45) is -1.81. The Morgan fingerprint density at radius 2 is 0.930 bits per heavy atom. The summed E-state index contributed by atoms with van der Waals surface area (Å²) in [6, 6.07) is 21.2. The molecule has 0 radical (unpaired) electrons. The Balaban J connectivity index is 1.48. The van der Waals surface area contributed by atoms with E-state index in [0.717, 1.165) is 21.5 Å². The fourth-order valence-electron chi connectivity index (χ4n) is 4.42. The molecule has 4 rings (SSSR count). The van der Waals surface area contributed by atoms with Gasteiger partial charge in [-0.25, -0.2) is 9.59 Å². The van der Waals surface area contributed by atoms with Crippen LogP contribution in [0.3, 0.4) is 0 Å². The van der Waals surface area contributed by atoms with Gasteiger partial charge < -0.3 is 25.6 Å². The van der Waals surface area contributed by atoms with Gasteiger partial charge in [0.2, 0.25) is 0 Å². The lowest BCUT2D eigenvalue weighted by atomic mass is 10.1. The third-order valence-electron chi connectivity index (χ3n) is 6.70. The number of carboxylic acid groups (broad SMARTS) is 2. The summed E-state index contributed by atoms with van der Waals surface area (Å²) in [6.45, 7) is 0. The zero-order chi connectivity index (χ0) is 30.9. The van der Waals surface area contributed by atoms with E-state index in [-0.39, 0.29) is 24.0 Å². The number of carbonyl (C=O) groups excluding carboxylic acids is 4. The highest BCUT2D eigenvalue weighted by molar-refractivity contribution is 6.03. The molecule has 4 aromatic carbocycles. The van der Waals surface area contributed by atoms with E-state index in [2.05, 4.69) is 10.6 Å². The standard InChI is InChI=1S/C32H28N2O9/c35-27(36)15-13-25(33-29(39)23-11-9-19-5-1-3-7-21(19)17-23)31(41)43-32(42)26(14-16-28(37)38)34-30(40)24-12-10-20-6-2-4-8-22(20)18-24/h1-12,17-18,25-26H,13-16H2,(H,33,39)(H,34,40)(H,35,36)(H,37,38). The van der Waals surface area contributed by atoms with Gasteiger partial charge in [-0.1, -0.05) is 60.7 Å². The SMILES string of the molecule is O=C(O)CCC(NC(=O)c1ccc2ccccc2c1)C(=O)OC(=O)C(CCC(=O)O)NC(=O)c1ccc2ccccc2c1. The number of hydrogen-bond acceptors (Lipinski definition) is 7. The lowest BCUT2D eigenvalue weighted by molar-refractivity contribution is -0.162. The van der Waals surface area contributed by atoms with Crippen molar-refractivity contribution in [2.24, 2.45) is 0 Å². The first kappa shape index (κ1) is 30.4. The largest absolute Gasteiger partial charge is 0.481 e. The van der Waals surface area contributed by atoms with Gasteiger partial charge in [0.15, 0.2) is 0 Å². The molecule has 11 nitrogen and oxygen atoms in total. The van der Waals surface area contributed by atoms with Gasteiger partial charge in [0.25, 0.3) is 11.8 Å². The maximum Gasteiger partial charge on any atom is 0.336 e. The van der Waals surface area contributed by atoms with Crippen molar-refractivity contribution in [1.82, 2.24) is 10.6 Å². The van der Waals surface area contributed by atoms with Gasteiger partial charge in [0, 0.05) is 24.0 Å². The van der Waals surface area contributed by atoms with Crippen molar-refractivity contribution >= 4 is 57.2 Å². The molecule has 0 aliphatic heterocycles. The fraction of sp³-hybridized carbons (Fsp3) is 0.188. The number of benzene rings is 4. The van der Waals surface area contributed by atoms with E-state index in [1.165, 1.54) is 12.1 Å². The second-order valence-corrected chi connectivity index (χ2v) is 9.78. The highest BCUT2D eigenvalue weighted by Crippen LogP contribution is 2.18. The number of nitrogens with one attached hydrogen (secondary N) is 2. The molecule has 0 aromatic heterocycles. The van der Waals surface area contributed by atoms with Crippen molar-refractivity contribution in [1.29, 1.82) is 0 Å². The first-order chi connectivity index (χ1) is 20.6. The first-order valence-electron chi connectivity index (χ1n) is 13.4. The predicted octanol–water partition coefficient (Wildman–Crippen LogP) is 3.69. The van der Waals surface area contributed by atoms with Gasteiger partial charge in [0.05, 0.1) is 0 Å². The number of ether oxygens (including phenoxy) is 1. The fourth-order valence-corrected chi connectivity index (χ4v) is 4.42. The van der Waals surface area contributed by atoms with Gasteiger partial charge in [0.1, 0.15) is 12.1 Å². The molecule has 0 bridgehead atoms. The Labute approximate surface area is 245 Å². The normalized spacial score (nSPS) is 12.2. The second-order valence-electron chi connectivity index (χ2n) is 9.78. The molecule has 43 heavy (non-hydrogen) atoms. The molecule has 0 aliphatic carbocycles. The number of hydrogen-bond donors (Lipinski definition) is 4. The minimum atomic E-state index is -1.52.